The molecule has 170 valence electrons. The SMILES string of the molecule is COc1ccccc1C(=O)N1C(C(=O)Nc2ccc(-n3cncn3)nc2)CC2CCCCC21. The summed E-state index contributed by atoms with van der Waals surface area (Å²) in [5.74, 6) is 1.12. The third-order valence-electron chi connectivity index (χ3n) is 6.63. The maximum Gasteiger partial charge on any atom is 0.258 e. The van der Waals surface area contributed by atoms with Crippen LogP contribution in [0.15, 0.2) is 55.2 Å². The number of benzene rings is 1. The molecule has 1 saturated carbocycles. The Bertz CT molecular complexity index is 1130. The van der Waals surface area contributed by atoms with Crippen LogP contribution in [0.5, 0.6) is 5.75 Å². The third-order valence-corrected chi connectivity index (χ3v) is 6.63. The summed E-state index contributed by atoms with van der Waals surface area (Å²) < 4.78 is 6.97. The highest BCUT2D eigenvalue weighted by molar-refractivity contribution is 6.03. The van der Waals surface area contributed by atoms with Gasteiger partial charge in [-0.25, -0.2) is 14.6 Å². The van der Waals surface area contributed by atoms with Gasteiger partial charge in [-0.1, -0.05) is 25.0 Å². The number of nitrogens with zero attached hydrogens (tertiary/aromatic N) is 5. The minimum Gasteiger partial charge on any atom is -0.496 e. The van der Waals surface area contributed by atoms with Gasteiger partial charge in [-0.15, -0.1) is 0 Å². The highest BCUT2D eigenvalue weighted by atomic mass is 16.5. The molecule has 2 amide bonds. The number of carbonyl (C=O) groups excluding carboxylic acids is 2. The standard InChI is InChI=1S/C24H26N6O3/c1-33-21-9-5-3-7-18(21)24(32)30-19-8-4-2-6-16(19)12-20(30)23(31)28-17-10-11-22(26-13-17)29-15-25-14-27-29/h3,5,7,9-11,13-16,19-20H,2,4,6,8,12H2,1H3,(H,28,31). The van der Waals surface area contributed by atoms with Crippen molar-refractivity contribution >= 4 is 17.5 Å². The van der Waals surface area contributed by atoms with Crippen molar-refractivity contribution in [1.29, 1.82) is 0 Å². The van der Waals surface area contributed by atoms with Crippen molar-refractivity contribution in [2.75, 3.05) is 12.4 Å². The fraction of sp³-hybridized carbons (Fsp3) is 0.375. The van der Waals surface area contributed by atoms with Crippen molar-refractivity contribution in [1.82, 2.24) is 24.6 Å². The van der Waals surface area contributed by atoms with Gasteiger partial charge in [0.05, 0.1) is 24.6 Å². The molecule has 0 bridgehead atoms. The molecule has 0 spiro atoms. The van der Waals surface area contributed by atoms with Crippen molar-refractivity contribution in [2.45, 2.75) is 44.2 Å². The molecule has 0 radical (unpaired) electrons. The Kier molecular flexibility index (Phi) is 5.77. The molecule has 3 heterocycles. The predicted molar refractivity (Wildman–Crippen MR) is 121 cm³/mol. The monoisotopic (exact) mass is 446 g/mol. The molecule has 5 rings (SSSR count). The molecule has 1 saturated heterocycles. The number of anilines is 1. The molecule has 9 heteroatoms. The summed E-state index contributed by atoms with van der Waals surface area (Å²) in [7, 11) is 1.56. The van der Waals surface area contributed by atoms with Gasteiger partial charge in [0.25, 0.3) is 5.91 Å². The second-order valence-electron chi connectivity index (χ2n) is 8.51. The minimum atomic E-state index is -0.537. The molecule has 1 aromatic carbocycles. The Morgan fingerprint density at radius 1 is 1.12 bits per heavy atom. The van der Waals surface area contributed by atoms with Gasteiger partial charge in [-0.3, -0.25) is 9.59 Å². The molecule has 2 aromatic heterocycles. The van der Waals surface area contributed by atoms with Gasteiger partial charge in [0.15, 0.2) is 5.82 Å². The number of aromatic nitrogens is 4. The summed E-state index contributed by atoms with van der Waals surface area (Å²) in [6.07, 6.45) is 9.41. The Hall–Kier alpha value is -3.75. The molecule has 3 aromatic rings. The number of fused-ring (bicyclic) bond motifs is 1. The maximum absolute atomic E-state index is 13.7. The second-order valence-corrected chi connectivity index (χ2v) is 8.51. The lowest BCUT2D eigenvalue weighted by Crippen LogP contribution is -2.48. The van der Waals surface area contributed by atoms with Gasteiger partial charge < -0.3 is 15.0 Å². The first-order chi connectivity index (χ1) is 16.2. The lowest BCUT2D eigenvalue weighted by molar-refractivity contribution is -0.120. The van der Waals surface area contributed by atoms with Crippen LogP contribution in [0.25, 0.3) is 5.82 Å². The normalized spacial score (nSPS) is 22.0. The fourth-order valence-electron chi connectivity index (χ4n) is 5.09. The topological polar surface area (TPSA) is 102 Å². The Labute approximate surface area is 191 Å². The number of hydrogen-bond donors (Lipinski definition) is 1. The minimum absolute atomic E-state index is 0.0692. The highest BCUT2D eigenvalue weighted by Crippen LogP contribution is 2.41. The number of para-hydroxylation sites is 1. The largest absolute Gasteiger partial charge is 0.496 e. The van der Waals surface area contributed by atoms with Crippen LogP contribution in [0.4, 0.5) is 5.69 Å². The van der Waals surface area contributed by atoms with E-state index >= 15 is 0 Å². The number of carbonyl (C=O) groups is 2. The molecule has 1 aliphatic heterocycles. The fourth-order valence-corrected chi connectivity index (χ4v) is 5.09. The molecular formula is C24H26N6O3. The number of likely N-dealkylation sites (tertiary alicyclic amines) is 1. The van der Waals surface area contributed by atoms with E-state index in [0.717, 1.165) is 25.7 Å². The van der Waals surface area contributed by atoms with Gasteiger partial charge in [0, 0.05) is 6.04 Å². The van der Waals surface area contributed by atoms with E-state index in [2.05, 4.69) is 20.4 Å². The van der Waals surface area contributed by atoms with Crippen LogP contribution in [-0.2, 0) is 4.79 Å². The van der Waals surface area contributed by atoms with E-state index in [4.69, 9.17) is 4.74 Å². The summed E-state index contributed by atoms with van der Waals surface area (Å²) in [5, 5.41) is 7.01. The van der Waals surface area contributed by atoms with E-state index in [-0.39, 0.29) is 17.9 Å². The van der Waals surface area contributed by atoms with Gasteiger partial charge in [0.1, 0.15) is 24.4 Å². The van der Waals surface area contributed by atoms with Crippen LogP contribution >= 0.6 is 0 Å². The number of amides is 2. The lowest BCUT2D eigenvalue weighted by Gasteiger charge is -2.34. The summed E-state index contributed by atoms with van der Waals surface area (Å²) in [5.41, 5.74) is 1.06. The first-order valence-electron chi connectivity index (χ1n) is 11.2. The smallest absolute Gasteiger partial charge is 0.258 e. The number of rotatable bonds is 5. The number of nitrogens with one attached hydrogen (secondary N) is 1. The van der Waals surface area contributed by atoms with Crippen molar-refractivity contribution in [3.63, 3.8) is 0 Å². The molecule has 9 nitrogen and oxygen atoms in total. The molecule has 2 aliphatic rings. The Balaban J connectivity index is 1.39. The quantitative estimate of drug-likeness (QED) is 0.646. The average Bonchev–Trinajstić information content (AvgIpc) is 3.52. The third kappa shape index (κ3) is 4.06. The number of methoxy groups -OCH3 is 1. The van der Waals surface area contributed by atoms with E-state index in [1.165, 1.54) is 6.33 Å². The number of pyridine rings is 1. The van der Waals surface area contributed by atoms with Crippen molar-refractivity contribution in [2.24, 2.45) is 5.92 Å². The van der Waals surface area contributed by atoms with Crippen molar-refractivity contribution in [3.8, 4) is 11.6 Å². The summed E-state index contributed by atoms with van der Waals surface area (Å²) in [6, 6.07) is 10.3. The van der Waals surface area contributed by atoms with Crippen molar-refractivity contribution < 1.29 is 14.3 Å². The molecular weight excluding hydrogens is 420 g/mol. The summed E-state index contributed by atoms with van der Waals surface area (Å²) in [4.78, 5) is 37.1. The molecule has 2 fully saturated rings. The Morgan fingerprint density at radius 3 is 2.73 bits per heavy atom. The zero-order valence-corrected chi connectivity index (χ0v) is 18.4. The van der Waals surface area contributed by atoms with Crippen LogP contribution in [0, 0.1) is 5.92 Å². The van der Waals surface area contributed by atoms with E-state index in [0.29, 0.717) is 35.2 Å². The molecule has 3 unspecified atom stereocenters. The van der Waals surface area contributed by atoms with E-state index < -0.39 is 6.04 Å². The lowest BCUT2D eigenvalue weighted by atomic mass is 9.84. The summed E-state index contributed by atoms with van der Waals surface area (Å²) in [6.45, 7) is 0. The zero-order chi connectivity index (χ0) is 22.8. The van der Waals surface area contributed by atoms with Gasteiger partial charge >= 0.3 is 0 Å². The maximum atomic E-state index is 13.7. The van der Waals surface area contributed by atoms with E-state index in [9.17, 15) is 9.59 Å². The average molecular weight is 447 g/mol. The number of ether oxygens (including phenoxy) is 1. The molecule has 33 heavy (non-hydrogen) atoms. The van der Waals surface area contributed by atoms with E-state index in [1.54, 1.807) is 53.5 Å². The van der Waals surface area contributed by atoms with Crippen LogP contribution in [0.2, 0.25) is 0 Å². The highest BCUT2D eigenvalue weighted by Gasteiger charge is 2.48. The zero-order valence-electron chi connectivity index (χ0n) is 18.4. The molecule has 1 N–H and O–H groups in total. The predicted octanol–water partition coefficient (Wildman–Crippen LogP) is 3.08. The van der Waals surface area contributed by atoms with Gasteiger partial charge in [-0.05, 0) is 49.4 Å². The van der Waals surface area contributed by atoms with Crippen molar-refractivity contribution in [3.05, 3.63) is 60.8 Å². The van der Waals surface area contributed by atoms with Crippen LogP contribution < -0.4 is 10.1 Å². The molecule has 1 aliphatic carbocycles. The van der Waals surface area contributed by atoms with Crippen LogP contribution in [0.3, 0.4) is 0 Å². The molecule has 3 atom stereocenters. The first-order valence-corrected chi connectivity index (χ1v) is 11.2. The summed E-state index contributed by atoms with van der Waals surface area (Å²) >= 11 is 0. The van der Waals surface area contributed by atoms with Crippen LogP contribution in [0.1, 0.15) is 42.5 Å². The van der Waals surface area contributed by atoms with Gasteiger partial charge in [0.2, 0.25) is 5.91 Å². The second kappa shape index (κ2) is 9.01. The van der Waals surface area contributed by atoms with Crippen LogP contribution in [-0.4, -0.2) is 55.7 Å². The van der Waals surface area contributed by atoms with Gasteiger partial charge in [-0.2, -0.15) is 5.10 Å². The number of hydrogen-bond acceptors (Lipinski definition) is 6. The first kappa shape index (κ1) is 21.1. The van der Waals surface area contributed by atoms with E-state index in [1.807, 2.05) is 12.1 Å². The Morgan fingerprint density at radius 2 is 1.97 bits per heavy atom.